The zero-order valence-electron chi connectivity index (χ0n) is 19.9. The van der Waals surface area contributed by atoms with Crippen LogP contribution in [0.15, 0.2) is 12.4 Å². The molecule has 1 fully saturated rings. The third kappa shape index (κ3) is 5.30. The predicted octanol–water partition coefficient (Wildman–Crippen LogP) is 4.74. The van der Waals surface area contributed by atoms with Crippen molar-refractivity contribution in [3.8, 4) is 0 Å². The maximum atomic E-state index is 13.2. The van der Waals surface area contributed by atoms with Crippen molar-refractivity contribution in [3.63, 3.8) is 0 Å². The zero-order valence-corrected chi connectivity index (χ0v) is 19.9. The van der Waals surface area contributed by atoms with E-state index in [4.69, 9.17) is 0 Å². The van der Waals surface area contributed by atoms with Crippen molar-refractivity contribution in [2.75, 3.05) is 13.1 Å². The molecule has 31 heavy (non-hydrogen) atoms. The predicted molar refractivity (Wildman–Crippen MR) is 116 cm³/mol. The Morgan fingerprint density at radius 3 is 2.19 bits per heavy atom. The number of nitrogens with zero attached hydrogens (tertiary/aromatic N) is 7. The molecule has 2 aromatic heterocycles. The summed E-state index contributed by atoms with van der Waals surface area (Å²) in [5.41, 5.74) is 1.06. The summed E-state index contributed by atoms with van der Waals surface area (Å²) in [6.45, 7) is 14.2. The van der Waals surface area contributed by atoms with Crippen LogP contribution in [0, 0.1) is 0 Å². The second kappa shape index (κ2) is 8.56. The first-order valence-corrected chi connectivity index (χ1v) is 11.2. The van der Waals surface area contributed by atoms with Gasteiger partial charge in [-0.15, -0.1) is 10.2 Å². The van der Waals surface area contributed by atoms with Crippen molar-refractivity contribution in [2.24, 2.45) is 0 Å². The Labute approximate surface area is 184 Å². The van der Waals surface area contributed by atoms with E-state index in [1.54, 1.807) is 0 Å². The van der Waals surface area contributed by atoms with Crippen LogP contribution in [0.1, 0.15) is 98.1 Å². The Morgan fingerprint density at radius 2 is 1.65 bits per heavy atom. The minimum Gasteiger partial charge on any atom is -0.298 e. The zero-order chi connectivity index (χ0) is 23.0. The number of rotatable bonds is 7. The van der Waals surface area contributed by atoms with Crippen LogP contribution in [0.3, 0.4) is 0 Å². The van der Waals surface area contributed by atoms with Gasteiger partial charge in [-0.1, -0.05) is 45.0 Å². The second-order valence-corrected chi connectivity index (χ2v) is 11.1. The summed E-state index contributed by atoms with van der Waals surface area (Å²) in [4.78, 5) is 2.52. The topological polar surface area (TPSA) is 64.7 Å². The van der Waals surface area contributed by atoms with Gasteiger partial charge in [0.25, 0.3) is 0 Å². The molecule has 0 amide bonds. The summed E-state index contributed by atoms with van der Waals surface area (Å²) in [5, 5.41) is 16.0. The van der Waals surface area contributed by atoms with Gasteiger partial charge in [0.15, 0.2) is 0 Å². The first kappa shape index (κ1) is 23.8. The number of hydrogen-bond acceptors (Lipinski definition) is 5. The monoisotopic (exact) mass is 437 g/mol. The van der Waals surface area contributed by atoms with Crippen LogP contribution in [0.2, 0.25) is 0 Å². The van der Waals surface area contributed by atoms with Gasteiger partial charge >= 0.3 is 6.55 Å². The fourth-order valence-corrected chi connectivity index (χ4v) is 4.31. The molecular weight excluding hydrogens is 400 g/mol. The number of piperidine rings is 1. The Balaban J connectivity index is 1.58. The molecule has 1 aliphatic rings. The van der Waals surface area contributed by atoms with Gasteiger partial charge in [0.05, 0.1) is 23.6 Å². The van der Waals surface area contributed by atoms with E-state index in [-0.39, 0.29) is 11.0 Å². The highest BCUT2D eigenvalue weighted by Crippen LogP contribution is 2.36. The lowest BCUT2D eigenvalue weighted by atomic mass is 9.79. The minimum atomic E-state index is -2.67. The molecule has 9 heteroatoms. The van der Waals surface area contributed by atoms with E-state index in [9.17, 15) is 8.78 Å². The van der Waals surface area contributed by atoms with Crippen molar-refractivity contribution >= 4 is 0 Å². The van der Waals surface area contributed by atoms with Gasteiger partial charge in [-0.3, -0.25) is 4.90 Å². The molecule has 0 saturated carbocycles. The maximum absolute atomic E-state index is 13.2. The van der Waals surface area contributed by atoms with Crippen LogP contribution >= 0.6 is 0 Å². The second-order valence-electron chi connectivity index (χ2n) is 11.1. The molecule has 1 saturated heterocycles. The Morgan fingerprint density at radius 1 is 1.00 bits per heavy atom. The molecule has 3 heterocycles. The lowest BCUT2D eigenvalue weighted by molar-refractivity contribution is 0.0444. The van der Waals surface area contributed by atoms with E-state index < -0.39 is 12.0 Å². The standard InChI is InChI=1S/C22H37F2N7/c1-20(2,3)17-15-30(28-26-17)16-8-12-29(13-9-16)22(6,7)11-10-21(4,5)18-14-25-27-31(18)19(23)24/h14-16,19H,8-13H2,1-7H3. The molecule has 174 valence electrons. The average molecular weight is 438 g/mol. The third-order valence-electron chi connectivity index (χ3n) is 6.79. The first-order chi connectivity index (χ1) is 14.3. The molecule has 0 bridgehead atoms. The Bertz CT molecular complexity index is 855. The molecular formula is C22H37F2N7. The van der Waals surface area contributed by atoms with E-state index in [2.05, 4.69) is 66.3 Å². The number of halogens is 2. The highest BCUT2D eigenvalue weighted by atomic mass is 19.3. The highest BCUT2D eigenvalue weighted by Gasteiger charge is 2.35. The van der Waals surface area contributed by atoms with Crippen molar-refractivity contribution in [3.05, 3.63) is 23.8 Å². The number of hydrogen-bond donors (Lipinski definition) is 0. The van der Waals surface area contributed by atoms with Crippen molar-refractivity contribution < 1.29 is 8.78 Å². The average Bonchev–Trinajstić information content (AvgIpc) is 3.36. The van der Waals surface area contributed by atoms with Gasteiger partial charge in [0.2, 0.25) is 0 Å². The quantitative estimate of drug-likeness (QED) is 0.626. The molecule has 7 nitrogen and oxygen atoms in total. The number of aromatic nitrogens is 6. The molecule has 0 aromatic carbocycles. The van der Waals surface area contributed by atoms with Gasteiger partial charge in [-0.25, -0.2) is 4.68 Å². The largest absolute Gasteiger partial charge is 0.334 e. The number of likely N-dealkylation sites (tertiary alicyclic amines) is 1. The van der Waals surface area contributed by atoms with E-state index >= 15 is 0 Å². The van der Waals surface area contributed by atoms with E-state index in [1.807, 2.05) is 18.5 Å². The number of alkyl halides is 2. The normalized spacial score (nSPS) is 17.6. The molecule has 0 aliphatic carbocycles. The lowest BCUT2D eigenvalue weighted by Crippen LogP contribution is -2.49. The van der Waals surface area contributed by atoms with Gasteiger partial charge < -0.3 is 0 Å². The summed E-state index contributed by atoms with van der Waals surface area (Å²) < 4.78 is 29.3. The summed E-state index contributed by atoms with van der Waals surface area (Å²) in [6.07, 6.45) is 7.29. The van der Waals surface area contributed by atoms with Crippen LogP contribution in [0.4, 0.5) is 8.78 Å². The molecule has 0 radical (unpaired) electrons. The van der Waals surface area contributed by atoms with Crippen LogP contribution in [-0.2, 0) is 10.8 Å². The first-order valence-electron chi connectivity index (χ1n) is 11.2. The lowest BCUT2D eigenvalue weighted by Gasteiger charge is -2.44. The fourth-order valence-electron chi connectivity index (χ4n) is 4.31. The van der Waals surface area contributed by atoms with Crippen LogP contribution in [-0.4, -0.2) is 53.5 Å². The Hall–Kier alpha value is -1.90. The summed E-state index contributed by atoms with van der Waals surface area (Å²) >= 11 is 0. The van der Waals surface area contributed by atoms with Crippen LogP contribution in [0.5, 0.6) is 0 Å². The SMILES string of the molecule is CC(C)(C)c1cn(C2CCN(C(C)(C)CCC(C)(C)c3cnnn3C(F)F)CC2)nn1. The molecule has 0 atom stereocenters. The van der Waals surface area contributed by atoms with Crippen LogP contribution < -0.4 is 0 Å². The van der Waals surface area contributed by atoms with Gasteiger partial charge in [0.1, 0.15) is 0 Å². The van der Waals surface area contributed by atoms with E-state index in [1.165, 1.54) is 6.20 Å². The molecule has 0 unspecified atom stereocenters. The molecule has 0 N–H and O–H groups in total. The van der Waals surface area contributed by atoms with Crippen molar-refractivity contribution in [2.45, 2.75) is 103 Å². The third-order valence-corrected chi connectivity index (χ3v) is 6.79. The fraction of sp³-hybridized carbons (Fsp3) is 0.818. The molecule has 0 spiro atoms. The highest BCUT2D eigenvalue weighted by molar-refractivity contribution is 5.11. The molecule has 3 rings (SSSR count). The van der Waals surface area contributed by atoms with E-state index in [0.717, 1.165) is 49.1 Å². The molecule has 2 aromatic rings. The van der Waals surface area contributed by atoms with E-state index in [0.29, 0.717) is 11.7 Å². The van der Waals surface area contributed by atoms with Crippen molar-refractivity contribution in [1.29, 1.82) is 0 Å². The molecule has 1 aliphatic heterocycles. The summed E-state index contributed by atoms with van der Waals surface area (Å²) in [7, 11) is 0. The maximum Gasteiger partial charge on any atom is 0.334 e. The Kier molecular flexibility index (Phi) is 6.56. The minimum absolute atomic E-state index is 0.00294. The smallest absolute Gasteiger partial charge is 0.298 e. The van der Waals surface area contributed by atoms with Crippen molar-refractivity contribution in [1.82, 2.24) is 34.9 Å². The van der Waals surface area contributed by atoms with Gasteiger partial charge in [0, 0.05) is 35.7 Å². The van der Waals surface area contributed by atoms with Gasteiger partial charge in [-0.05, 0) is 39.5 Å². The summed E-state index contributed by atoms with van der Waals surface area (Å²) in [6, 6.07) is 0.374. The van der Waals surface area contributed by atoms with Crippen LogP contribution in [0.25, 0.3) is 0 Å². The van der Waals surface area contributed by atoms with Gasteiger partial charge in [-0.2, -0.15) is 13.5 Å². The summed E-state index contributed by atoms with van der Waals surface area (Å²) in [5.74, 6) is 0.